The van der Waals surface area contributed by atoms with E-state index in [1.165, 1.54) is 11.3 Å². The van der Waals surface area contributed by atoms with E-state index >= 15 is 0 Å². The molecule has 0 spiro atoms. The lowest BCUT2D eigenvalue weighted by Gasteiger charge is -2.01. The van der Waals surface area contributed by atoms with Gasteiger partial charge >= 0.3 is 0 Å². The molecule has 0 saturated heterocycles. The summed E-state index contributed by atoms with van der Waals surface area (Å²) in [6, 6.07) is 11.2. The summed E-state index contributed by atoms with van der Waals surface area (Å²) in [5.41, 5.74) is 1.57. The molecule has 4 rings (SSSR count). The lowest BCUT2D eigenvalue weighted by molar-refractivity contribution is -0.120. The maximum absolute atomic E-state index is 12.2. The highest BCUT2D eigenvalue weighted by atomic mass is 32.1. The van der Waals surface area contributed by atoms with Gasteiger partial charge in [0.25, 0.3) is 0 Å². The molecule has 0 radical (unpaired) electrons. The van der Waals surface area contributed by atoms with Crippen LogP contribution in [0, 0.1) is 6.92 Å². The van der Waals surface area contributed by atoms with E-state index in [2.05, 4.69) is 25.5 Å². The summed E-state index contributed by atoms with van der Waals surface area (Å²) < 4.78 is 10.7. The number of furan rings is 1. The van der Waals surface area contributed by atoms with Gasteiger partial charge in [-0.1, -0.05) is 0 Å². The standard InChI is InChI=1S/C20H19N5O3S/c1-12-3-8-16(28-12)20-22-14(11-29-20)9-18(26)21-10-17-23-19(25-24-17)13-4-6-15(27-2)7-5-13/h3-8,11H,9-10H2,1-2H3,(H,21,26)(H,23,24,25). The lowest BCUT2D eigenvalue weighted by Crippen LogP contribution is -2.25. The van der Waals surface area contributed by atoms with E-state index < -0.39 is 0 Å². The number of benzene rings is 1. The minimum Gasteiger partial charge on any atom is -0.497 e. The van der Waals surface area contributed by atoms with Crippen LogP contribution in [0.5, 0.6) is 5.75 Å². The molecular formula is C20H19N5O3S. The first-order valence-corrected chi connectivity index (χ1v) is 9.82. The number of thiazole rings is 1. The highest BCUT2D eigenvalue weighted by Gasteiger charge is 2.12. The normalized spacial score (nSPS) is 10.8. The summed E-state index contributed by atoms with van der Waals surface area (Å²) in [7, 11) is 1.62. The zero-order chi connectivity index (χ0) is 20.2. The van der Waals surface area contributed by atoms with Gasteiger partial charge in [-0.05, 0) is 43.3 Å². The van der Waals surface area contributed by atoms with Crippen molar-refractivity contribution in [3.8, 4) is 27.9 Å². The van der Waals surface area contributed by atoms with Crippen molar-refractivity contribution in [3.05, 3.63) is 59.1 Å². The van der Waals surface area contributed by atoms with Gasteiger partial charge in [0.05, 0.1) is 25.8 Å². The van der Waals surface area contributed by atoms with Crippen molar-refractivity contribution in [1.82, 2.24) is 25.5 Å². The predicted octanol–water partition coefficient (Wildman–Crippen LogP) is 3.36. The second-order valence-electron chi connectivity index (χ2n) is 6.34. The smallest absolute Gasteiger partial charge is 0.226 e. The monoisotopic (exact) mass is 409 g/mol. The molecule has 0 atom stereocenters. The minimum absolute atomic E-state index is 0.139. The molecule has 29 heavy (non-hydrogen) atoms. The van der Waals surface area contributed by atoms with Gasteiger partial charge in [0.2, 0.25) is 5.91 Å². The fourth-order valence-electron chi connectivity index (χ4n) is 2.70. The van der Waals surface area contributed by atoms with Gasteiger partial charge < -0.3 is 14.5 Å². The van der Waals surface area contributed by atoms with E-state index in [4.69, 9.17) is 9.15 Å². The third kappa shape index (κ3) is 4.52. The number of H-pyrrole nitrogens is 1. The number of carbonyl (C=O) groups is 1. The Morgan fingerprint density at radius 3 is 2.76 bits per heavy atom. The van der Waals surface area contributed by atoms with Gasteiger partial charge in [-0.25, -0.2) is 9.97 Å². The Kier molecular flexibility index (Phi) is 5.39. The van der Waals surface area contributed by atoms with E-state index in [1.54, 1.807) is 7.11 Å². The van der Waals surface area contributed by atoms with Crippen LogP contribution in [0.1, 0.15) is 17.3 Å². The molecule has 2 N–H and O–H groups in total. The molecule has 0 unspecified atom stereocenters. The molecule has 3 aromatic heterocycles. The van der Waals surface area contributed by atoms with Crippen LogP contribution in [-0.4, -0.2) is 33.2 Å². The molecule has 0 aliphatic heterocycles. The number of rotatable bonds is 7. The number of methoxy groups -OCH3 is 1. The van der Waals surface area contributed by atoms with Crippen molar-refractivity contribution >= 4 is 17.2 Å². The number of amides is 1. The second kappa shape index (κ2) is 8.27. The average molecular weight is 409 g/mol. The Bertz CT molecular complexity index is 1110. The van der Waals surface area contributed by atoms with Crippen molar-refractivity contribution < 1.29 is 13.9 Å². The van der Waals surface area contributed by atoms with Gasteiger partial charge in [-0.2, -0.15) is 5.10 Å². The highest BCUT2D eigenvalue weighted by molar-refractivity contribution is 7.13. The fourth-order valence-corrected chi connectivity index (χ4v) is 3.48. The van der Waals surface area contributed by atoms with E-state index in [0.29, 0.717) is 23.1 Å². The molecule has 0 fully saturated rings. The van der Waals surface area contributed by atoms with Gasteiger partial charge in [0.15, 0.2) is 16.6 Å². The number of hydrogen-bond acceptors (Lipinski definition) is 7. The second-order valence-corrected chi connectivity index (χ2v) is 7.20. The van der Waals surface area contributed by atoms with Crippen molar-refractivity contribution in [3.63, 3.8) is 0 Å². The first-order valence-electron chi connectivity index (χ1n) is 8.94. The Morgan fingerprint density at radius 2 is 2.03 bits per heavy atom. The van der Waals surface area contributed by atoms with Gasteiger partial charge in [-0.15, -0.1) is 11.3 Å². The molecule has 9 heteroatoms. The quantitative estimate of drug-likeness (QED) is 0.485. The first-order chi connectivity index (χ1) is 14.1. The van der Waals surface area contributed by atoms with Crippen LogP contribution in [0.15, 0.2) is 46.2 Å². The molecule has 148 valence electrons. The largest absolute Gasteiger partial charge is 0.497 e. The van der Waals surface area contributed by atoms with Crippen LogP contribution in [0.4, 0.5) is 0 Å². The van der Waals surface area contributed by atoms with Crippen molar-refractivity contribution in [2.24, 2.45) is 0 Å². The summed E-state index contributed by atoms with van der Waals surface area (Å²) in [6.45, 7) is 2.14. The van der Waals surface area contributed by atoms with Crippen LogP contribution in [0.2, 0.25) is 0 Å². The van der Waals surface area contributed by atoms with Crippen LogP contribution in [0.3, 0.4) is 0 Å². The van der Waals surface area contributed by atoms with E-state index in [1.807, 2.05) is 48.7 Å². The Morgan fingerprint density at radius 1 is 1.21 bits per heavy atom. The summed E-state index contributed by atoms with van der Waals surface area (Å²) in [4.78, 5) is 21.1. The number of aromatic amines is 1. The molecule has 4 aromatic rings. The number of aromatic nitrogens is 4. The highest BCUT2D eigenvalue weighted by Crippen LogP contribution is 2.25. The number of nitrogens with one attached hydrogen (secondary N) is 2. The molecule has 0 aliphatic carbocycles. The molecular weight excluding hydrogens is 390 g/mol. The fraction of sp³-hybridized carbons (Fsp3) is 0.200. The Hall–Kier alpha value is -3.46. The van der Waals surface area contributed by atoms with E-state index in [9.17, 15) is 4.79 Å². The number of aryl methyl sites for hydroxylation is 1. The van der Waals surface area contributed by atoms with E-state index in [-0.39, 0.29) is 18.9 Å². The van der Waals surface area contributed by atoms with Crippen LogP contribution < -0.4 is 10.1 Å². The topological polar surface area (TPSA) is 106 Å². The maximum Gasteiger partial charge on any atom is 0.226 e. The maximum atomic E-state index is 12.2. The lowest BCUT2D eigenvalue weighted by atomic mass is 10.2. The Labute approximate surface area is 171 Å². The van der Waals surface area contributed by atoms with Gasteiger partial charge in [0.1, 0.15) is 17.3 Å². The number of hydrogen-bond donors (Lipinski definition) is 2. The zero-order valence-electron chi connectivity index (χ0n) is 15.9. The first kappa shape index (κ1) is 18.9. The SMILES string of the molecule is COc1ccc(-c2n[nH]c(CNC(=O)Cc3csc(-c4ccc(C)o4)n3)n2)cc1. The molecule has 0 saturated carbocycles. The summed E-state index contributed by atoms with van der Waals surface area (Å²) in [6.07, 6.45) is 0.190. The number of carbonyl (C=O) groups excluding carboxylic acids is 1. The van der Waals surface area contributed by atoms with Crippen LogP contribution in [0.25, 0.3) is 22.2 Å². The molecule has 1 amide bonds. The van der Waals surface area contributed by atoms with Crippen molar-refractivity contribution in [1.29, 1.82) is 0 Å². The summed E-state index contributed by atoms with van der Waals surface area (Å²) >= 11 is 1.45. The van der Waals surface area contributed by atoms with Crippen molar-refractivity contribution in [2.75, 3.05) is 7.11 Å². The Balaban J connectivity index is 1.32. The third-order valence-electron chi connectivity index (χ3n) is 4.18. The molecule has 3 heterocycles. The summed E-state index contributed by atoms with van der Waals surface area (Å²) in [5.74, 6) is 3.32. The molecule has 8 nitrogen and oxygen atoms in total. The minimum atomic E-state index is -0.139. The third-order valence-corrected chi connectivity index (χ3v) is 5.08. The van der Waals surface area contributed by atoms with E-state index in [0.717, 1.165) is 22.1 Å². The predicted molar refractivity (Wildman–Crippen MR) is 108 cm³/mol. The van der Waals surface area contributed by atoms with Gasteiger partial charge in [-0.3, -0.25) is 9.89 Å². The summed E-state index contributed by atoms with van der Waals surface area (Å²) in [5, 5.41) is 12.5. The zero-order valence-corrected chi connectivity index (χ0v) is 16.7. The van der Waals surface area contributed by atoms with Crippen LogP contribution in [-0.2, 0) is 17.8 Å². The van der Waals surface area contributed by atoms with Gasteiger partial charge in [0, 0.05) is 10.9 Å². The molecule has 1 aromatic carbocycles. The molecule has 0 aliphatic rings. The average Bonchev–Trinajstić information content (AvgIpc) is 3.47. The number of nitrogens with zero attached hydrogens (tertiary/aromatic N) is 3. The molecule has 0 bridgehead atoms. The van der Waals surface area contributed by atoms with Crippen molar-refractivity contribution in [2.45, 2.75) is 19.9 Å². The van der Waals surface area contributed by atoms with Crippen LogP contribution >= 0.6 is 11.3 Å². The number of ether oxygens (including phenoxy) is 1.